The maximum atomic E-state index is 10.9. The molecule has 4 nitrogen and oxygen atoms in total. The van der Waals surface area contributed by atoms with Crippen LogP contribution >= 0.6 is 0 Å². The summed E-state index contributed by atoms with van der Waals surface area (Å²) < 4.78 is 0. The van der Waals surface area contributed by atoms with Crippen molar-refractivity contribution >= 4 is 16.9 Å². The molecule has 4 rings (SSSR count). The number of H-pyrrole nitrogens is 1. The van der Waals surface area contributed by atoms with E-state index in [1.54, 1.807) is 0 Å². The number of piperidine rings is 1. The molecule has 22 heavy (non-hydrogen) atoms. The molecule has 1 aromatic heterocycles. The maximum absolute atomic E-state index is 10.9. The topological polar surface area (TPSA) is 56.3 Å². The molecule has 0 bridgehead atoms. The van der Waals surface area contributed by atoms with Gasteiger partial charge in [0, 0.05) is 42.0 Å². The Morgan fingerprint density at radius 2 is 2.32 bits per heavy atom. The zero-order chi connectivity index (χ0) is 15.3. The molecule has 0 spiro atoms. The highest BCUT2D eigenvalue weighted by Gasteiger charge is 2.39. The summed E-state index contributed by atoms with van der Waals surface area (Å²) in [7, 11) is 2.20. The standard InChI is InChI=1S/C18H22N2O2/c1-20-10-11(5-6-17(21)22)7-14-13-3-2-4-15-18(13)12(9-19-15)8-16(14)20/h2-4,9,11,14,16,19H,5-8,10H2,1H3,(H,21,22)/t11?,14-,16-/m1/s1. The Bertz CT molecular complexity index is 721. The molecule has 0 amide bonds. The lowest BCUT2D eigenvalue weighted by molar-refractivity contribution is -0.137. The highest BCUT2D eigenvalue weighted by atomic mass is 16.4. The number of carboxylic acid groups (broad SMARTS) is 1. The first-order chi connectivity index (χ1) is 10.6. The lowest BCUT2D eigenvalue weighted by Gasteiger charge is -2.45. The lowest BCUT2D eigenvalue weighted by atomic mass is 9.72. The second kappa shape index (κ2) is 5.13. The fraction of sp³-hybridized carbons (Fsp3) is 0.500. The van der Waals surface area contributed by atoms with Crippen LogP contribution in [0.1, 0.15) is 36.3 Å². The number of likely N-dealkylation sites (tertiary alicyclic amines) is 1. The van der Waals surface area contributed by atoms with E-state index in [2.05, 4.69) is 41.3 Å². The van der Waals surface area contributed by atoms with Gasteiger partial charge in [-0.2, -0.15) is 0 Å². The van der Waals surface area contributed by atoms with E-state index in [9.17, 15) is 4.79 Å². The molecule has 1 aromatic carbocycles. The molecule has 2 aliphatic rings. The van der Waals surface area contributed by atoms with Crippen LogP contribution in [-0.2, 0) is 11.2 Å². The SMILES string of the molecule is CN1CC(CCC(=O)O)C[C@@H]2c3cccc4[nH]cc(c34)C[C@H]21. The average molecular weight is 298 g/mol. The van der Waals surface area contributed by atoms with E-state index in [0.29, 0.717) is 17.9 Å². The van der Waals surface area contributed by atoms with Crippen molar-refractivity contribution in [1.82, 2.24) is 9.88 Å². The van der Waals surface area contributed by atoms with Gasteiger partial charge in [-0.1, -0.05) is 12.1 Å². The van der Waals surface area contributed by atoms with Gasteiger partial charge in [0.25, 0.3) is 0 Å². The van der Waals surface area contributed by atoms with Gasteiger partial charge in [0.1, 0.15) is 0 Å². The number of likely N-dealkylation sites (N-methyl/N-ethyl adjacent to an activating group) is 1. The van der Waals surface area contributed by atoms with E-state index in [1.165, 1.54) is 22.0 Å². The fourth-order valence-electron chi connectivity index (χ4n) is 4.59. The third-order valence-electron chi connectivity index (χ3n) is 5.58. The highest BCUT2D eigenvalue weighted by molar-refractivity contribution is 5.88. The van der Waals surface area contributed by atoms with Crippen LogP contribution in [0.5, 0.6) is 0 Å². The fourth-order valence-corrected chi connectivity index (χ4v) is 4.59. The van der Waals surface area contributed by atoms with Gasteiger partial charge in [-0.25, -0.2) is 0 Å². The summed E-state index contributed by atoms with van der Waals surface area (Å²) in [6.07, 6.45) is 5.46. The lowest BCUT2D eigenvalue weighted by Crippen LogP contribution is -2.47. The Hall–Kier alpha value is -1.81. The number of benzene rings is 1. The van der Waals surface area contributed by atoms with Crippen molar-refractivity contribution in [2.45, 2.75) is 37.6 Å². The van der Waals surface area contributed by atoms with Crippen molar-refractivity contribution in [1.29, 1.82) is 0 Å². The van der Waals surface area contributed by atoms with Crippen molar-refractivity contribution in [3.05, 3.63) is 35.5 Å². The minimum atomic E-state index is -0.677. The molecule has 1 saturated heterocycles. The van der Waals surface area contributed by atoms with E-state index in [-0.39, 0.29) is 6.42 Å². The molecule has 4 heteroatoms. The smallest absolute Gasteiger partial charge is 0.303 e. The van der Waals surface area contributed by atoms with Gasteiger partial charge in [-0.15, -0.1) is 0 Å². The van der Waals surface area contributed by atoms with Gasteiger partial charge >= 0.3 is 5.97 Å². The monoisotopic (exact) mass is 298 g/mol. The summed E-state index contributed by atoms with van der Waals surface area (Å²) in [4.78, 5) is 16.7. The number of hydrogen-bond donors (Lipinski definition) is 2. The number of nitrogens with zero attached hydrogens (tertiary/aromatic N) is 1. The summed E-state index contributed by atoms with van der Waals surface area (Å²) in [5, 5.41) is 10.4. The summed E-state index contributed by atoms with van der Waals surface area (Å²) in [6.45, 7) is 1.02. The summed E-state index contributed by atoms with van der Waals surface area (Å²) in [6, 6.07) is 7.11. The first-order valence-electron chi connectivity index (χ1n) is 8.14. The van der Waals surface area contributed by atoms with Crippen LogP contribution in [0.25, 0.3) is 10.9 Å². The Kier molecular flexibility index (Phi) is 3.22. The van der Waals surface area contributed by atoms with Crippen LogP contribution in [0.4, 0.5) is 0 Å². The van der Waals surface area contributed by atoms with E-state index < -0.39 is 5.97 Å². The molecule has 2 N–H and O–H groups in total. The number of aromatic amines is 1. The second-order valence-electron chi connectivity index (χ2n) is 6.94. The number of aromatic nitrogens is 1. The Morgan fingerprint density at radius 1 is 1.45 bits per heavy atom. The highest BCUT2D eigenvalue weighted by Crippen LogP contribution is 2.44. The maximum Gasteiger partial charge on any atom is 0.303 e. The summed E-state index contributed by atoms with van der Waals surface area (Å²) in [5.74, 6) is 0.339. The van der Waals surface area contributed by atoms with Crippen LogP contribution in [0.15, 0.2) is 24.4 Å². The minimum absolute atomic E-state index is 0.287. The normalized spacial score (nSPS) is 27.8. The van der Waals surface area contributed by atoms with Crippen LogP contribution in [0.2, 0.25) is 0 Å². The summed E-state index contributed by atoms with van der Waals surface area (Å²) in [5.41, 5.74) is 4.13. The third-order valence-corrected chi connectivity index (χ3v) is 5.58. The molecule has 0 radical (unpaired) electrons. The molecule has 2 aromatic rings. The molecular weight excluding hydrogens is 276 g/mol. The zero-order valence-electron chi connectivity index (χ0n) is 12.9. The van der Waals surface area contributed by atoms with Crippen molar-refractivity contribution in [2.75, 3.05) is 13.6 Å². The summed E-state index contributed by atoms with van der Waals surface area (Å²) >= 11 is 0. The number of carbonyl (C=O) groups is 1. The first kappa shape index (κ1) is 13.8. The molecule has 2 heterocycles. The van der Waals surface area contributed by atoms with Crippen LogP contribution in [0.3, 0.4) is 0 Å². The van der Waals surface area contributed by atoms with E-state index in [1.807, 2.05) is 0 Å². The predicted molar refractivity (Wildman–Crippen MR) is 86.1 cm³/mol. The van der Waals surface area contributed by atoms with Crippen molar-refractivity contribution in [3.63, 3.8) is 0 Å². The van der Waals surface area contributed by atoms with Gasteiger partial charge in [-0.05, 0) is 49.4 Å². The second-order valence-corrected chi connectivity index (χ2v) is 6.94. The molecular formula is C18H22N2O2. The largest absolute Gasteiger partial charge is 0.481 e. The number of nitrogens with one attached hydrogen (secondary N) is 1. The first-order valence-corrected chi connectivity index (χ1v) is 8.14. The van der Waals surface area contributed by atoms with E-state index in [4.69, 9.17) is 5.11 Å². The van der Waals surface area contributed by atoms with E-state index in [0.717, 1.165) is 25.8 Å². The van der Waals surface area contributed by atoms with Crippen LogP contribution in [0, 0.1) is 5.92 Å². The molecule has 0 saturated carbocycles. The molecule has 116 valence electrons. The number of carboxylic acids is 1. The minimum Gasteiger partial charge on any atom is -0.481 e. The van der Waals surface area contributed by atoms with Gasteiger partial charge in [0.2, 0.25) is 0 Å². The number of fused-ring (bicyclic) bond motifs is 2. The van der Waals surface area contributed by atoms with E-state index >= 15 is 0 Å². The van der Waals surface area contributed by atoms with Gasteiger partial charge < -0.3 is 15.0 Å². The quantitative estimate of drug-likeness (QED) is 0.916. The zero-order valence-corrected chi connectivity index (χ0v) is 12.9. The van der Waals surface area contributed by atoms with Crippen molar-refractivity contribution in [3.8, 4) is 0 Å². The predicted octanol–water partition coefficient (Wildman–Crippen LogP) is 2.99. The van der Waals surface area contributed by atoms with Gasteiger partial charge in [-0.3, -0.25) is 4.79 Å². The molecule has 3 atom stereocenters. The number of rotatable bonds is 3. The van der Waals surface area contributed by atoms with Gasteiger partial charge in [0.15, 0.2) is 0 Å². The van der Waals surface area contributed by atoms with Gasteiger partial charge in [0.05, 0.1) is 0 Å². The van der Waals surface area contributed by atoms with Crippen molar-refractivity contribution < 1.29 is 9.90 Å². The Balaban J connectivity index is 1.67. The number of hydrogen-bond acceptors (Lipinski definition) is 2. The Labute approximate surface area is 130 Å². The molecule has 1 fully saturated rings. The van der Waals surface area contributed by atoms with Crippen LogP contribution in [-0.4, -0.2) is 40.6 Å². The van der Waals surface area contributed by atoms with Crippen LogP contribution < -0.4 is 0 Å². The molecule has 1 aliphatic carbocycles. The molecule has 1 aliphatic heterocycles. The third kappa shape index (κ3) is 2.13. The average Bonchev–Trinajstić information content (AvgIpc) is 2.91. The molecule has 1 unspecified atom stereocenters. The number of aliphatic carboxylic acids is 1. The Morgan fingerprint density at radius 3 is 3.14 bits per heavy atom. The van der Waals surface area contributed by atoms with Crippen molar-refractivity contribution in [2.24, 2.45) is 5.92 Å².